The molecule has 0 aliphatic heterocycles. The minimum absolute atomic E-state index is 0.293. The van der Waals surface area contributed by atoms with Gasteiger partial charge in [-0.25, -0.2) is 9.97 Å². The monoisotopic (exact) mass is 254 g/mol. The SMILES string of the molecule is NC(=S)c1cccc(-n2cnc3ccccc32)n1. The van der Waals surface area contributed by atoms with Gasteiger partial charge in [-0.2, -0.15) is 0 Å². The number of rotatable bonds is 2. The van der Waals surface area contributed by atoms with E-state index < -0.39 is 0 Å². The van der Waals surface area contributed by atoms with Crippen LogP contribution in [0.4, 0.5) is 0 Å². The summed E-state index contributed by atoms with van der Waals surface area (Å²) in [6, 6.07) is 13.5. The molecule has 0 aliphatic rings. The van der Waals surface area contributed by atoms with Crippen LogP contribution in [-0.2, 0) is 0 Å². The molecule has 0 aliphatic carbocycles. The van der Waals surface area contributed by atoms with E-state index in [0.717, 1.165) is 16.9 Å². The molecule has 0 amide bonds. The zero-order valence-corrected chi connectivity index (χ0v) is 10.3. The van der Waals surface area contributed by atoms with Crippen LogP contribution >= 0.6 is 12.2 Å². The van der Waals surface area contributed by atoms with Gasteiger partial charge >= 0.3 is 0 Å². The Balaban J connectivity index is 2.20. The summed E-state index contributed by atoms with van der Waals surface area (Å²) in [5.41, 5.74) is 8.14. The van der Waals surface area contributed by atoms with Gasteiger partial charge < -0.3 is 5.73 Å². The molecule has 0 saturated carbocycles. The van der Waals surface area contributed by atoms with E-state index in [2.05, 4.69) is 9.97 Å². The van der Waals surface area contributed by atoms with Crippen LogP contribution in [0.25, 0.3) is 16.9 Å². The van der Waals surface area contributed by atoms with Crippen LogP contribution in [0.1, 0.15) is 5.69 Å². The van der Waals surface area contributed by atoms with Crippen LogP contribution < -0.4 is 5.73 Å². The van der Waals surface area contributed by atoms with Crippen molar-refractivity contribution in [3.8, 4) is 5.82 Å². The molecule has 0 atom stereocenters. The van der Waals surface area contributed by atoms with E-state index in [9.17, 15) is 0 Å². The first-order chi connectivity index (χ1) is 8.75. The molecule has 1 aromatic carbocycles. The number of nitrogens with zero attached hydrogens (tertiary/aromatic N) is 3. The molecule has 0 spiro atoms. The van der Waals surface area contributed by atoms with Crippen molar-refractivity contribution in [3.63, 3.8) is 0 Å². The molecule has 0 bridgehead atoms. The number of hydrogen-bond acceptors (Lipinski definition) is 3. The van der Waals surface area contributed by atoms with Gasteiger partial charge in [0, 0.05) is 0 Å². The maximum atomic E-state index is 5.59. The van der Waals surface area contributed by atoms with E-state index >= 15 is 0 Å². The predicted octanol–water partition coefficient (Wildman–Crippen LogP) is 2.05. The minimum atomic E-state index is 0.293. The van der Waals surface area contributed by atoms with Gasteiger partial charge in [0.05, 0.1) is 16.7 Å². The molecule has 2 heterocycles. The molecule has 0 saturated heterocycles. The number of benzene rings is 1. The zero-order valence-electron chi connectivity index (χ0n) is 9.45. The van der Waals surface area contributed by atoms with Crippen LogP contribution in [0, 0.1) is 0 Å². The molecular weight excluding hydrogens is 244 g/mol. The molecule has 0 radical (unpaired) electrons. The lowest BCUT2D eigenvalue weighted by atomic mass is 10.3. The van der Waals surface area contributed by atoms with Crippen LogP contribution in [0.2, 0.25) is 0 Å². The Labute approximate surface area is 109 Å². The summed E-state index contributed by atoms with van der Waals surface area (Å²) in [6.45, 7) is 0. The van der Waals surface area contributed by atoms with E-state index in [1.54, 1.807) is 12.4 Å². The first kappa shape index (κ1) is 10.9. The molecule has 2 aromatic heterocycles. The number of nitrogens with two attached hydrogens (primary N) is 1. The molecule has 2 N–H and O–H groups in total. The third kappa shape index (κ3) is 1.74. The molecule has 18 heavy (non-hydrogen) atoms. The van der Waals surface area contributed by atoms with Gasteiger partial charge in [0.2, 0.25) is 0 Å². The summed E-state index contributed by atoms with van der Waals surface area (Å²) in [6.07, 6.45) is 1.75. The average molecular weight is 254 g/mol. The van der Waals surface area contributed by atoms with Gasteiger partial charge in [0.1, 0.15) is 17.1 Å². The molecule has 88 valence electrons. The third-order valence-corrected chi connectivity index (χ3v) is 2.90. The Hall–Kier alpha value is -2.27. The third-order valence-electron chi connectivity index (χ3n) is 2.69. The van der Waals surface area contributed by atoms with Crippen molar-refractivity contribution in [2.75, 3.05) is 0 Å². The summed E-state index contributed by atoms with van der Waals surface area (Å²) < 4.78 is 1.91. The highest BCUT2D eigenvalue weighted by Gasteiger charge is 2.06. The Morgan fingerprint density at radius 2 is 1.94 bits per heavy atom. The molecule has 3 rings (SSSR count). The van der Waals surface area contributed by atoms with E-state index in [4.69, 9.17) is 18.0 Å². The summed E-state index contributed by atoms with van der Waals surface area (Å²) in [5, 5.41) is 0. The average Bonchev–Trinajstić information content (AvgIpc) is 2.82. The van der Waals surface area contributed by atoms with Gasteiger partial charge in [0.25, 0.3) is 0 Å². The quantitative estimate of drug-likeness (QED) is 0.711. The van der Waals surface area contributed by atoms with Crippen molar-refractivity contribution in [1.82, 2.24) is 14.5 Å². The van der Waals surface area contributed by atoms with E-state index in [1.807, 2.05) is 41.0 Å². The fraction of sp³-hybridized carbons (Fsp3) is 0. The number of aromatic nitrogens is 3. The van der Waals surface area contributed by atoms with E-state index in [-0.39, 0.29) is 0 Å². The Morgan fingerprint density at radius 3 is 2.78 bits per heavy atom. The first-order valence-electron chi connectivity index (χ1n) is 5.45. The summed E-state index contributed by atoms with van der Waals surface area (Å²) in [4.78, 5) is 9.04. The van der Waals surface area contributed by atoms with Crippen LogP contribution in [0.15, 0.2) is 48.8 Å². The second kappa shape index (κ2) is 4.19. The summed E-state index contributed by atoms with van der Waals surface area (Å²) in [5.74, 6) is 0.758. The second-order valence-corrected chi connectivity index (χ2v) is 4.29. The van der Waals surface area contributed by atoms with Gasteiger partial charge in [-0.15, -0.1) is 0 Å². The summed E-state index contributed by atoms with van der Waals surface area (Å²) >= 11 is 4.94. The van der Waals surface area contributed by atoms with Crippen LogP contribution in [0.5, 0.6) is 0 Å². The first-order valence-corrected chi connectivity index (χ1v) is 5.86. The molecule has 3 aromatic rings. The normalized spacial score (nSPS) is 10.7. The lowest BCUT2D eigenvalue weighted by Gasteiger charge is -2.05. The standard InChI is InChI=1S/C13H10N4S/c14-13(18)10-5-3-7-12(16-10)17-8-15-9-4-1-2-6-11(9)17/h1-8H,(H2,14,18). The molecular formula is C13H10N4S. The van der Waals surface area contributed by atoms with Crippen molar-refractivity contribution < 1.29 is 0 Å². The largest absolute Gasteiger partial charge is 0.388 e. The van der Waals surface area contributed by atoms with E-state index in [1.165, 1.54) is 0 Å². The Kier molecular flexibility index (Phi) is 2.53. The van der Waals surface area contributed by atoms with Crippen LogP contribution in [-0.4, -0.2) is 19.5 Å². The maximum absolute atomic E-state index is 5.59. The Bertz CT molecular complexity index is 732. The highest BCUT2D eigenvalue weighted by atomic mass is 32.1. The Morgan fingerprint density at radius 1 is 1.11 bits per heavy atom. The number of pyridine rings is 1. The highest BCUT2D eigenvalue weighted by Crippen LogP contribution is 2.16. The lowest BCUT2D eigenvalue weighted by molar-refractivity contribution is 1.02. The minimum Gasteiger partial charge on any atom is -0.388 e. The van der Waals surface area contributed by atoms with Crippen molar-refractivity contribution >= 4 is 28.2 Å². The van der Waals surface area contributed by atoms with Crippen molar-refractivity contribution in [1.29, 1.82) is 0 Å². The topological polar surface area (TPSA) is 56.7 Å². The van der Waals surface area contributed by atoms with Gasteiger partial charge in [-0.1, -0.05) is 30.4 Å². The number of hydrogen-bond donors (Lipinski definition) is 1. The lowest BCUT2D eigenvalue weighted by Crippen LogP contribution is -2.12. The molecule has 4 nitrogen and oxygen atoms in total. The van der Waals surface area contributed by atoms with Crippen molar-refractivity contribution in [3.05, 3.63) is 54.5 Å². The summed E-state index contributed by atoms with van der Waals surface area (Å²) in [7, 11) is 0. The number of fused-ring (bicyclic) bond motifs is 1. The van der Waals surface area contributed by atoms with Crippen molar-refractivity contribution in [2.24, 2.45) is 5.73 Å². The molecule has 0 fully saturated rings. The van der Waals surface area contributed by atoms with Gasteiger partial charge in [-0.3, -0.25) is 4.57 Å². The van der Waals surface area contributed by atoms with Crippen molar-refractivity contribution in [2.45, 2.75) is 0 Å². The number of para-hydroxylation sites is 2. The highest BCUT2D eigenvalue weighted by molar-refractivity contribution is 7.80. The predicted molar refractivity (Wildman–Crippen MR) is 74.8 cm³/mol. The van der Waals surface area contributed by atoms with Gasteiger partial charge in [-0.05, 0) is 24.3 Å². The smallest absolute Gasteiger partial charge is 0.139 e. The van der Waals surface area contributed by atoms with Gasteiger partial charge in [0.15, 0.2) is 0 Å². The maximum Gasteiger partial charge on any atom is 0.139 e. The number of imidazole rings is 1. The molecule has 5 heteroatoms. The second-order valence-electron chi connectivity index (χ2n) is 3.85. The van der Waals surface area contributed by atoms with E-state index in [0.29, 0.717) is 10.7 Å². The zero-order chi connectivity index (χ0) is 12.5. The number of thiocarbonyl (C=S) groups is 1. The fourth-order valence-electron chi connectivity index (χ4n) is 1.84. The fourth-order valence-corrected chi connectivity index (χ4v) is 1.95. The molecule has 0 unspecified atom stereocenters. The van der Waals surface area contributed by atoms with Crippen LogP contribution in [0.3, 0.4) is 0 Å².